The maximum Gasteiger partial charge on any atom is 0.211 e. The molecule has 1 aliphatic heterocycles. The highest BCUT2D eigenvalue weighted by molar-refractivity contribution is 5.82. The second kappa shape index (κ2) is 23.5. The Morgan fingerprint density at radius 3 is 1.09 bits per heavy atom. The third kappa shape index (κ3) is 12.6. The minimum atomic E-state index is -1.84. The van der Waals surface area contributed by atoms with E-state index in [4.69, 9.17) is 0 Å². The van der Waals surface area contributed by atoms with Crippen LogP contribution in [0.3, 0.4) is 0 Å². The molecule has 0 fully saturated rings. The minimum absolute atomic E-state index is 0.242. The molecule has 0 amide bonds. The summed E-state index contributed by atoms with van der Waals surface area (Å²) in [5, 5.41) is 103. The zero-order valence-corrected chi connectivity index (χ0v) is 33.8. The molecule has 12 nitrogen and oxygen atoms in total. The summed E-state index contributed by atoms with van der Waals surface area (Å²) in [7, 11) is 0. The van der Waals surface area contributed by atoms with Gasteiger partial charge in [-0.1, -0.05) is 65.5 Å². The van der Waals surface area contributed by atoms with Crippen molar-refractivity contribution >= 4 is 11.4 Å². The van der Waals surface area contributed by atoms with E-state index in [0.29, 0.717) is 40.9 Å². The van der Waals surface area contributed by atoms with Crippen LogP contribution in [0.2, 0.25) is 0 Å². The van der Waals surface area contributed by atoms with Crippen molar-refractivity contribution in [1.29, 1.82) is 0 Å². The molecule has 3 rings (SSSR count). The van der Waals surface area contributed by atoms with Crippen molar-refractivity contribution in [3.8, 4) is 0 Å². The van der Waals surface area contributed by atoms with E-state index in [1.807, 2.05) is 0 Å². The Labute approximate surface area is 332 Å². The van der Waals surface area contributed by atoms with Crippen molar-refractivity contribution in [2.45, 2.75) is 166 Å². The molecule has 1 heterocycles. The van der Waals surface area contributed by atoms with Crippen LogP contribution in [0.25, 0.3) is 16.9 Å². The molecule has 2 aromatic rings. The lowest BCUT2D eigenvalue weighted by atomic mass is 9.89. The van der Waals surface area contributed by atoms with Gasteiger partial charge >= 0.3 is 0 Å². The molecule has 0 bridgehead atoms. The van der Waals surface area contributed by atoms with Gasteiger partial charge in [-0.25, -0.2) is 4.70 Å². The summed E-state index contributed by atoms with van der Waals surface area (Å²) >= 11 is 0. The molecule has 0 radical (unpaired) electrons. The molecule has 1 aliphatic rings. The average Bonchev–Trinajstić information content (AvgIpc) is 3.48. The minimum Gasteiger partial charge on any atom is -0.493 e. The van der Waals surface area contributed by atoms with E-state index in [9.17, 15) is 56.6 Å². The van der Waals surface area contributed by atoms with Crippen LogP contribution in [0.4, 0.5) is 0 Å². The molecule has 10 N–H and O–H groups in total. The van der Waals surface area contributed by atoms with Crippen LogP contribution in [-0.2, 0) is 25.7 Å². The summed E-state index contributed by atoms with van der Waals surface area (Å²) in [6.07, 6.45) is -3.49. The summed E-state index contributed by atoms with van der Waals surface area (Å²) < 4.78 is 1.25. The molecule has 56 heavy (non-hydrogen) atoms. The van der Waals surface area contributed by atoms with Crippen molar-refractivity contribution in [3.05, 3.63) is 86.5 Å². The SMILES string of the molecule is CCCCC1=C(c2cc(CCCC)cc(CCCC)c2)[N+](=[N-])C(c2cc(CC(O)C(O)C(O)C(O)CO)cc(CC(O)C(O)C(O)C(O)CO)c2)=C1CCCC. The molecule has 0 aliphatic carbocycles. The number of nitrogens with zero attached hydrogens (tertiary/aromatic N) is 2. The molecule has 0 saturated heterocycles. The number of rotatable bonds is 26. The van der Waals surface area contributed by atoms with Crippen molar-refractivity contribution in [2.75, 3.05) is 13.2 Å². The third-order valence-corrected chi connectivity index (χ3v) is 10.8. The van der Waals surface area contributed by atoms with Crippen LogP contribution in [0.5, 0.6) is 0 Å². The molecule has 0 spiro atoms. The molecule has 314 valence electrons. The largest absolute Gasteiger partial charge is 0.493 e. The quantitative estimate of drug-likeness (QED) is 0.0620. The first-order chi connectivity index (χ1) is 26.8. The van der Waals surface area contributed by atoms with Crippen molar-refractivity contribution in [3.63, 3.8) is 0 Å². The summed E-state index contributed by atoms with van der Waals surface area (Å²) in [5.74, 6) is 0. The Bertz CT molecular complexity index is 1540. The molecule has 0 saturated carbocycles. The fourth-order valence-corrected chi connectivity index (χ4v) is 7.43. The number of aliphatic hydroxyl groups excluding tert-OH is 10. The number of aryl methyl sites for hydroxylation is 2. The lowest BCUT2D eigenvalue weighted by Gasteiger charge is -2.27. The van der Waals surface area contributed by atoms with E-state index in [1.165, 1.54) is 15.8 Å². The molecular formula is C44H68N2O10. The number of allylic oxidation sites excluding steroid dienone is 2. The van der Waals surface area contributed by atoms with E-state index in [1.54, 1.807) is 18.2 Å². The van der Waals surface area contributed by atoms with Crippen LogP contribution >= 0.6 is 0 Å². The van der Waals surface area contributed by atoms with Gasteiger partial charge in [0.1, 0.15) is 36.6 Å². The number of aliphatic hydroxyl groups is 10. The maximum atomic E-state index is 12.4. The van der Waals surface area contributed by atoms with Gasteiger partial charge in [0.15, 0.2) is 0 Å². The van der Waals surface area contributed by atoms with Gasteiger partial charge < -0.3 is 56.6 Å². The van der Waals surface area contributed by atoms with Crippen molar-refractivity contribution in [1.82, 2.24) is 0 Å². The Hall–Kier alpha value is -2.88. The monoisotopic (exact) mass is 784 g/mol. The van der Waals surface area contributed by atoms with Crippen LogP contribution in [0.15, 0.2) is 47.5 Å². The first-order valence-electron chi connectivity index (χ1n) is 20.6. The Balaban J connectivity index is 2.26. The highest BCUT2D eigenvalue weighted by Gasteiger charge is 2.37. The summed E-state index contributed by atoms with van der Waals surface area (Å²) in [6, 6.07) is 11.7. The normalized spacial score (nSPS) is 17.9. The number of benzene rings is 2. The summed E-state index contributed by atoms with van der Waals surface area (Å²) in [4.78, 5) is 0. The van der Waals surface area contributed by atoms with Gasteiger partial charge in [-0.3, -0.25) is 0 Å². The highest BCUT2D eigenvalue weighted by Crippen LogP contribution is 2.45. The van der Waals surface area contributed by atoms with Gasteiger partial charge in [0.05, 0.1) is 25.4 Å². The maximum absolute atomic E-state index is 12.4. The summed E-state index contributed by atoms with van der Waals surface area (Å²) in [5.41, 5.74) is 20.4. The smallest absolute Gasteiger partial charge is 0.211 e. The van der Waals surface area contributed by atoms with Gasteiger partial charge in [0.2, 0.25) is 11.4 Å². The molecule has 12 heteroatoms. The van der Waals surface area contributed by atoms with Crippen molar-refractivity contribution < 1.29 is 55.8 Å². The second-order valence-corrected chi connectivity index (χ2v) is 15.5. The second-order valence-electron chi connectivity index (χ2n) is 15.5. The Morgan fingerprint density at radius 1 is 0.446 bits per heavy atom. The summed E-state index contributed by atoms with van der Waals surface area (Å²) in [6.45, 7) is 6.89. The highest BCUT2D eigenvalue weighted by atomic mass is 16.4. The fraction of sp³-hybridized carbons (Fsp3) is 0.636. The molecule has 8 unspecified atom stereocenters. The van der Waals surface area contributed by atoms with Gasteiger partial charge in [-0.05, 0) is 97.9 Å². The van der Waals surface area contributed by atoms with E-state index in [-0.39, 0.29) is 12.8 Å². The van der Waals surface area contributed by atoms with Gasteiger partial charge in [0, 0.05) is 35.1 Å². The van der Waals surface area contributed by atoms with Gasteiger partial charge in [-0.2, -0.15) is 0 Å². The van der Waals surface area contributed by atoms with Crippen LogP contribution < -0.4 is 0 Å². The first-order valence-corrected chi connectivity index (χ1v) is 20.6. The van der Waals surface area contributed by atoms with E-state index in [0.717, 1.165) is 80.9 Å². The molecular weight excluding hydrogens is 716 g/mol. The lowest BCUT2D eigenvalue weighted by molar-refractivity contribution is -0.345. The average molecular weight is 785 g/mol. The zero-order chi connectivity index (χ0) is 41.5. The molecule has 0 aromatic heterocycles. The standard InChI is InChI=1S/C44H68N2O10/c1-5-9-13-27-17-28(14-10-6-2)20-31(19-27)39-33(15-11-7-3)34(16-12-8-4)40(46(39)45)32-21-29(23-35(49)41(53)43(55)37(51)25-47)18-30(22-32)24-36(50)42(54)44(56)38(52)26-48/h17-22,35-38,41-44,47-56H,5-16,23-26H2,1-4H3. The Kier molecular flexibility index (Phi) is 19.9. The third-order valence-electron chi connectivity index (χ3n) is 10.8. The number of hydrogen-bond acceptors (Lipinski definition) is 10. The van der Waals surface area contributed by atoms with E-state index >= 15 is 0 Å². The molecule has 8 atom stereocenters. The van der Waals surface area contributed by atoms with Crippen LogP contribution in [0.1, 0.15) is 125 Å². The van der Waals surface area contributed by atoms with Crippen LogP contribution in [-0.4, -0.2) is 118 Å². The first kappa shape index (κ1) is 47.5. The lowest BCUT2D eigenvalue weighted by Crippen LogP contribution is -2.46. The fourth-order valence-electron chi connectivity index (χ4n) is 7.43. The van der Waals surface area contributed by atoms with Gasteiger partial charge in [0.25, 0.3) is 0 Å². The number of unbranched alkanes of at least 4 members (excludes halogenated alkanes) is 4. The van der Waals surface area contributed by atoms with Gasteiger partial charge in [-0.15, -0.1) is 0 Å². The predicted octanol–water partition coefficient (Wildman–Crippen LogP) is 3.88. The van der Waals surface area contributed by atoms with E-state index in [2.05, 4.69) is 45.9 Å². The zero-order valence-electron chi connectivity index (χ0n) is 33.8. The van der Waals surface area contributed by atoms with Crippen LogP contribution in [0, 0.1) is 0 Å². The predicted molar refractivity (Wildman–Crippen MR) is 216 cm³/mol. The van der Waals surface area contributed by atoms with Crippen molar-refractivity contribution in [2.24, 2.45) is 0 Å². The topological polar surface area (TPSA) is 228 Å². The molecule has 2 aromatic carbocycles. The van der Waals surface area contributed by atoms with E-state index < -0.39 is 62.0 Å². The Morgan fingerprint density at radius 2 is 0.750 bits per heavy atom. The number of hydrogen-bond donors (Lipinski definition) is 10.